The predicted octanol–water partition coefficient (Wildman–Crippen LogP) is 2.87. The molecule has 0 aliphatic carbocycles. The van der Waals surface area contributed by atoms with Crippen molar-refractivity contribution in [3.63, 3.8) is 0 Å². The lowest BCUT2D eigenvalue weighted by molar-refractivity contribution is -0.137. The van der Waals surface area contributed by atoms with Gasteiger partial charge in [-0.2, -0.15) is 0 Å². The number of carbonyl (C=O) groups is 1. The number of thiophene rings is 1. The molecule has 0 bridgehead atoms. The van der Waals surface area contributed by atoms with E-state index in [9.17, 15) is 4.79 Å². The first-order chi connectivity index (χ1) is 12.1. The van der Waals surface area contributed by atoms with Crippen LogP contribution in [0.15, 0.2) is 41.8 Å². The maximum atomic E-state index is 13.0. The number of likely N-dealkylation sites (tertiary alicyclic amines) is 1. The summed E-state index contributed by atoms with van der Waals surface area (Å²) >= 11 is 1.81. The number of carbonyl (C=O) groups excluding carboxylic acids is 1. The number of nitrogens with zero attached hydrogens (tertiary/aromatic N) is 2. The molecule has 2 aliphatic heterocycles. The summed E-state index contributed by atoms with van der Waals surface area (Å²) in [5, 5.41) is 2.13. The Morgan fingerprint density at radius 3 is 2.77 bits per heavy atom. The Morgan fingerprint density at radius 1 is 1.23 bits per heavy atom. The average molecular weight is 392 g/mol. The van der Waals surface area contributed by atoms with Gasteiger partial charge in [0, 0.05) is 43.0 Å². The van der Waals surface area contributed by atoms with Crippen LogP contribution in [0.1, 0.15) is 28.8 Å². The maximum Gasteiger partial charge on any atom is 0.239 e. The van der Waals surface area contributed by atoms with E-state index in [-0.39, 0.29) is 30.4 Å². The zero-order valence-electron chi connectivity index (χ0n) is 15.0. The van der Waals surface area contributed by atoms with E-state index in [4.69, 9.17) is 5.73 Å². The SMILES string of the molecule is CC(C(=O)N1CCc2sccc2C1)N1C[C@@H](N)[C@H](c2ccccc2)C1.Cl. The number of amides is 1. The minimum absolute atomic E-state index is 0. The van der Waals surface area contributed by atoms with Crippen LogP contribution in [0.4, 0.5) is 0 Å². The molecule has 0 saturated carbocycles. The van der Waals surface area contributed by atoms with Crippen molar-refractivity contribution in [2.45, 2.75) is 37.9 Å². The van der Waals surface area contributed by atoms with E-state index >= 15 is 0 Å². The van der Waals surface area contributed by atoms with Crippen molar-refractivity contribution in [2.24, 2.45) is 5.73 Å². The van der Waals surface area contributed by atoms with Gasteiger partial charge in [-0.25, -0.2) is 0 Å². The molecule has 1 fully saturated rings. The van der Waals surface area contributed by atoms with E-state index in [0.717, 1.165) is 32.6 Å². The second kappa shape index (κ2) is 8.09. The predicted molar refractivity (Wildman–Crippen MR) is 109 cm³/mol. The second-order valence-corrected chi connectivity index (χ2v) is 8.19. The normalized spacial score (nSPS) is 24.0. The first kappa shape index (κ1) is 19.4. The Morgan fingerprint density at radius 2 is 2.00 bits per heavy atom. The van der Waals surface area contributed by atoms with Gasteiger partial charge in [-0.3, -0.25) is 9.69 Å². The summed E-state index contributed by atoms with van der Waals surface area (Å²) in [5.74, 6) is 0.541. The Bertz CT molecular complexity index is 751. The van der Waals surface area contributed by atoms with Crippen LogP contribution in [0.3, 0.4) is 0 Å². The standard InChI is InChI=1S/C20H25N3OS.ClH/c1-14(20(24)22-9-7-19-16(11-22)8-10-25-19)23-12-17(18(21)13-23)15-5-3-2-4-6-15;/h2-6,8,10,14,17-18H,7,9,11-13,21H2,1H3;1H/t14?,17-,18+;/m0./s1. The molecule has 6 heteroatoms. The van der Waals surface area contributed by atoms with E-state index in [1.165, 1.54) is 16.0 Å². The minimum atomic E-state index is -0.111. The first-order valence-electron chi connectivity index (χ1n) is 9.02. The zero-order chi connectivity index (χ0) is 17.4. The quantitative estimate of drug-likeness (QED) is 0.875. The summed E-state index contributed by atoms with van der Waals surface area (Å²) in [6.45, 7) is 5.26. The highest BCUT2D eigenvalue weighted by Crippen LogP contribution is 2.29. The van der Waals surface area contributed by atoms with Crippen molar-refractivity contribution in [3.05, 3.63) is 57.8 Å². The molecule has 2 N–H and O–H groups in total. The van der Waals surface area contributed by atoms with Gasteiger partial charge in [0.05, 0.1) is 6.04 Å². The summed E-state index contributed by atoms with van der Waals surface area (Å²) in [7, 11) is 0. The highest BCUT2D eigenvalue weighted by atomic mass is 35.5. The zero-order valence-corrected chi connectivity index (χ0v) is 16.6. The monoisotopic (exact) mass is 391 g/mol. The van der Waals surface area contributed by atoms with Crippen molar-refractivity contribution in [2.75, 3.05) is 19.6 Å². The molecule has 3 atom stereocenters. The maximum absolute atomic E-state index is 13.0. The lowest BCUT2D eigenvalue weighted by Gasteiger charge is -2.32. The first-order valence-corrected chi connectivity index (χ1v) is 9.90. The molecule has 2 aliphatic rings. The topological polar surface area (TPSA) is 49.6 Å². The fourth-order valence-corrected chi connectivity index (χ4v) is 4.98. The minimum Gasteiger partial charge on any atom is -0.337 e. The van der Waals surface area contributed by atoms with E-state index in [1.54, 1.807) is 11.3 Å². The number of halogens is 1. The third-order valence-electron chi connectivity index (χ3n) is 5.65. The number of nitrogens with two attached hydrogens (primary N) is 1. The fraction of sp³-hybridized carbons (Fsp3) is 0.450. The average Bonchev–Trinajstić information content (AvgIpc) is 3.27. The summed E-state index contributed by atoms with van der Waals surface area (Å²) in [6.07, 6.45) is 0.984. The molecule has 1 aromatic heterocycles. The van der Waals surface area contributed by atoms with Crippen molar-refractivity contribution in [1.29, 1.82) is 0 Å². The Kier molecular flexibility index (Phi) is 6.03. The third kappa shape index (κ3) is 3.67. The van der Waals surface area contributed by atoms with Gasteiger partial charge < -0.3 is 10.6 Å². The lowest BCUT2D eigenvalue weighted by Crippen LogP contribution is -2.48. The van der Waals surface area contributed by atoms with Gasteiger partial charge >= 0.3 is 0 Å². The molecule has 1 saturated heterocycles. The van der Waals surface area contributed by atoms with Gasteiger partial charge in [0.2, 0.25) is 5.91 Å². The van der Waals surface area contributed by atoms with Crippen molar-refractivity contribution in [3.8, 4) is 0 Å². The fourth-order valence-electron chi connectivity index (χ4n) is 4.09. The van der Waals surface area contributed by atoms with Crippen LogP contribution in [-0.2, 0) is 17.8 Å². The van der Waals surface area contributed by atoms with Crippen LogP contribution < -0.4 is 5.73 Å². The molecule has 0 spiro atoms. The highest BCUT2D eigenvalue weighted by Gasteiger charge is 2.37. The van der Waals surface area contributed by atoms with Crippen LogP contribution in [0.2, 0.25) is 0 Å². The molecule has 3 heterocycles. The summed E-state index contributed by atoms with van der Waals surface area (Å²) in [5.41, 5.74) is 8.99. The molecule has 26 heavy (non-hydrogen) atoms. The van der Waals surface area contributed by atoms with E-state index in [2.05, 4.69) is 40.6 Å². The number of hydrogen-bond donors (Lipinski definition) is 1. The van der Waals surface area contributed by atoms with Gasteiger partial charge in [-0.15, -0.1) is 23.7 Å². The van der Waals surface area contributed by atoms with Gasteiger partial charge in [0.1, 0.15) is 0 Å². The van der Waals surface area contributed by atoms with Gasteiger partial charge in [-0.1, -0.05) is 30.3 Å². The molecule has 1 unspecified atom stereocenters. The molecular formula is C20H26ClN3OS. The number of hydrogen-bond acceptors (Lipinski definition) is 4. The van der Waals surface area contributed by atoms with E-state index in [1.807, 2.05) is 17.9 Å². The van der Waals surface area contributed by atoms with Gasteiger partial charge in [0.25, 0.3) is 0 Å². The molecule has 4 nitrogen and oxygen atoms in total. The largest absolute Gasteiger partial charge is 0.337 e. The summed E-state index contributed by atoms with van der Waals surface area (Å²) < 4.78 is 0. The lowest BCUT2D eigenvalue weighted by atomic mass is 9.95. The Labute approximate surface area is 165 Å². The van der Waals surface area contributed by atoms with E-state index < -0.39 is 0 Å². The summed E-state index contributed by atoms with van der Waals surface area (Å²) in [4.78, 5) is 18.7. The Hall–Kier alpha value is -1.40. The van der Waals surface area contributed by atoms with Crippen LogP contribution in [0, 0.1) is 0 Å². The van der Waals surface area contributed by atoms with Gasteiger partial charge in [0.15, 0.2) is 0 Å². The van der Waals surface area contributed by atoms with Crippen LogP contribution in [-0.4, -0.2) is 47.4 Å². The molecular weight excluding hydrogens is 366 g/mol. The molecule has 2 aromatic rings. The van der Waals surface area contributed by atoms with Crippen LogP contribution in [0.5, 0.6) is 0 Å². The van der Waals surface area contributed by atoms with Crippen LogP contribution >= 0.6 is 23.7 Å². The molecule has 140 valence electrons. The molecule has 4 rings (SSSR count). The number of rotatable bonds is 3. The molecule has 0 radical (unpaired) electrons. The van der Waals surface area contributed by atoms with E-state index in [0.29, 0.717) is 5.92 Å². The van der Waals surface area contributed by atoms with Crippen LogP contribution in [0.25, 0.3) is 0 Å². The Balaban J connectivity index is 0.00000196. The molecule has 1 aromatic carbocycles. The second-order valence-electron chi connectivity index (χ2n) is 7.19. The molecule has 1 amide bonds. The summed E-state index contributed by atoms with van der Waals surface area (Å²) in [6, 6.07) is 12.6. The highest BCUT2D eigenvalue weighted by molar-refractivity contribution is 7.10. The number of benzene rings is 1. The van der Waals surface area contributed by atoms with Crippen molar-refractivity contribution < 1.29 is 4.79 Å². The van der Waals surface area contributed by atoms with Crippen molar-refractivity contribution in [1.82, 2.24) is 9.80 Å². The third-order valence-corrected chi connectivity index (χ3v) is 6.67. The van der Waals surface area contributed by atoms with Crippen molar-refractivity contribution >= 4 is 29.7 Å². The van der Waals surface area contributed by atoms with Gasteiger partial charge in [-0.05, 0) is 35.9 Å². The smallest absolute Gasteiger partial charge is 0.239 e. The number of fused-ring (bicyclic) bond motifs is 1.